The number of halogens is 1. The molecule has 1 amide bonds. The lowest BCUT2D eigenvalue weighted by atomic mass is 10.1. The molecular formula is C25H35IN4O3. The Morgan fingerprint density at radius 1 is 1.21 bits per heavy atom. The summed E-state index contributed by atoms with van der Waals surface area (Å²) in [6.45, 7) is 4.78. The molecule has 3 rings (SSSR count). The van der Waals surface area contributed by atoms with E-state index in [9.17, 15) is 4.79 Å². The molecule has 1 heterocycles. The van der Waals surface area contributed by atoms with Crippen LogP contribution in [0.3, 0.4) is 0 Å². The number of rotatable bonds is 8. The number of guanidine groups is 1. The highest BCUT2D eigenvalue weighted by Crippen LogP contribution is 2.23. The van der Waals surface area contributed by atoms with Crippen molar-refractivity contribution < 1.29 is 14.3 Å². The van der Waals surface area contributed by atoms with Gasteiger partial charge in [-0.25, -0.2) is 0 Å². The molecule has 1 saturated heterocycles. The van der Waals surface area contributed by atoms with Gasteiger partial charge in [-0.2, -0.15) is 0 Å². The molecule has 0 radical (unpaired) electrons. The number of hydrogen-bond acceptors (Lipinski definition) is 4. The van der Waals surface area contributed by atoms with E-state index in [1.807, 2.05) is 24.3 Å². The van der Waals surface area contributed by atoms with Gasteiger partial charge in [-0.05, 0) is 42.7 Å². The Morgan fingerprint density at radius 2 is 2.03 bits per heavy atom. The molecule has 0 saturated carbocycles. The summed E-state index contributed by atoms with van der Waals surface area (Å²) >= 11 is 0. The van der Waals surface area contributed by atoms with Gasteiger partial charge in [0, 0.05) is 51.8 Å². The molecule has 0 spiro atoms. The van der Waals surface area contributed by atoms with Gasteiger partial charge < -0.3 is 25.0 Å². The summed E-state index contributed by atoms with van der Waals surface area (Å²) in [6, 6.07) is 14.0. The van der Waals surface area contributed by atoms with Gasteiger partial charge in [0.1, 0.15) is 11.9 Å². The van der Waals surface area contributed by atoms with Crippen molar-refractivity contribution in [3.05, 3.63) is 64.7 Å². The minimum Gasteiger partial charge on any atom is -0.488 e. The number of hydrogen-bond donors (Lipinski definition) is 2. The average Bonchev–Trinajstić information content (AvgIpc) is 3.30. The van der Waals surface area contributed by atoms with E-state index < -0.39 is 0 Å². The van der Waals surface area contributed by atoms with E-state index in [4.69, 9.17) is 9.47 Å². The summed E-state index contributed by atoms with van der Waals surface area (Å²) in [5.74, 6) is 1.63. The third-order valence-electron chi connectivity index (χ3n) is 5.36. The Kier molecular flexibility index (Phi) is 10.9. The molecule has 0 aliphatic carbocycles. The van der Waals surface area contributed by atoms with Crippen LogP contribution in [0.15, 0.2) is 47.5 Å². The zero-order valence-corrected chi connectivity index (χ0v) is 22.2. The van der Waals surface area contributed by atoms with Crippen molar-refractivity contribution in [3.8, 4) is 5.75 Å². The summed E-state index contributed by atoms with van der Waals surface area (Å²) in [5.41, 5.74) is 4.06. The lowest BCUT2D eigenvalue weighted by Crippen LogP contribution is -2.38. The Morgan fingerprint density at radius 3 is 2.73 bits per heavy atom. The maximum atomic E-state index is 12.2. The fraction of sp³-hybridized carbons (Fsp3) is 0.440. The Labute approximate surface area is 214 Å². The van der Waals surface area contributed by atoms with Crippen LogP contribution >= 0.6 is 24.0 Å². The minimum absolute atomic E-state index is 0. The fourth-order valence-corrected chi connectivity index (χ4v) is 3.55. The first kappa shape index (κ1) is 26.9. The number of carbonyl (C=O) groups is 1. The van der Waals surface area contributed by atoms with Crippen LogP contribution in [0.1, 0.15) is 33.5 Å². The van der Waals surface area contributed by atoms with Crippen LogP contribution in [0.2, 0.25) is 0 Å². The second kappa shape index (κ2) is 13.4. The van der Waals surface area contributed by atoms with Crippen LogP contribution in [-0.4, -0.2) is 63.8 Å². The molecule has 0 aromatic heterocycles. The van der Waals surface area contributed by atoms with E-state index in [1.165, 1.54) is 5.56 Å². The van der Waals surface area contributed by atoms with Crippen LogP contribution in [0, 0.1) is 6.92 Å². The molecule has 180 valence electrons. The zero-order chi connectivity index (χ0) is 22.9. The van der Waals surface area contributed by atoms with Gasteiger partial charge in [-0.15, -0.1) is 24.0 Å². The number of aliphatic imine (C=N–C) groups is 1. The summed E-state index contributed by atoms with van der Waals surface area (Å²) in [4.78, 5) is 18.1. The number of nitrogens with zero attached hydrogens (tertiary/aromatic N) is 2. The van der Waals surface area contributed by atoms with E-state index in [0.29, 0.717) is 25.3 Å². The number of ether oxygens (including phenoxy) is 2. The van der Waals surface area contributed by atoms with Crippen molar-refractivity contribution in [2.24, 2.45) is 4.99 Å². The third kappa shape index (κ3) is 8.19. The Balaban J connectivity index is 0.00000385. The highest BCUT2D eigenvalue weighted by Gasteiger charge is 2.18. The van der Waals surface area contributed by atoms with Crippen LogP contribution in [0.4, 0.5) is 0 Å². The topological polar surface area (TPSA) is 75.2 Å². The maximum Gasteiger partial charge on any atom is 0.253 e. The van der Waals surface area contributed by atoms with Crippen LogP contribution in [-0.2, 0) is 17.7 Å². The van der Waals surface area contributed by atoms with Gasteiger partial charge in [0.15, 0.2) is 5.96 Å². The molecule has 1 atom stereocenters. The van der Waals surface area contributed by atoms with E-state index in [0.717, 1.165) is 42.3 Å². The van der Waals surface area contributed by atoms with Gasteiger partial charge in [0.2, 0.25) is 0 Å². The molecule has 2 aromatic carbocycles. The summed E-state index contributed by atoms with van der Waals surface area (Å²) in [7, 11) is 5.28. The van der Waals surface area contributed by atoms with Crippen molar-refractivity contribution in [2.75, 3.05) is 40.9 Å². The monoisotopic (exact) mass is 566 g/mol. The standard InChI is InChI=1S/C25H34N4O3.HI/c1-18-8-9-21(23(14-18)32-22-11-13-31-17-22)16-28-25(26-2)27-12-10-19-6-5-7-20(15-19)24(30)29(3)4;/h5-9,14-15,22H,10-13,16-17H2,1-4H3,(H2,26,27,28);1H. The molecule has 1 aliphatic heterocycles. The molecular weight excluding hydrogens is 531 g/mol. The molecule has 8 heteroatoms. The highest BCUT2D eigenvalue weighted by molar-refractivity contribution is 14.0. The molecule has 2 aromatic rings. The van der Waals surface area contributed by atoms with Gasteiger partial charge >= 0.3 is 0 Å². The first-order chi connectivity index (χ1) is 15.5. The first-order valence-corrected chi connectivity index (χ1v) is 11.1. The number of benzene rings is 2. The quantitative estimate of drug-likeness (QED) is 0.291. The first-order valence-electron chi connectivity index (χ1n) is 11.1. The highest BCUT2D eigenvalue weighted by atomic mass is 127. The second-order valence-corrected chi connectivity index (χ2v) is 8.22. The van der Waals surface area contributed by atoms with Crippen molar-refractivity contribution in [3.63, 3.8) is 0 Å². The number of aryl methyl sites for hydroxylation is 1. The summed E-state index contributed by atoms with van der Waals surface area (Å²) < 4.78 is 11.6. The largest absolute Gasteiger partial charge is 0.488 e. The van der Waals surface area contributed by atoms with E-state index in [1.54, 1.807) is 26.0 Å². The predicted molar refractivity (Wildman–Crippen MR) is 143 cm³/mol. The average molecular weight is 566 g/mol. The molecule has 1 aliphatic rings. The van der Waals surface area contributed by atoms with Crippen LogP contribution in [0.25, 0.3) is 0 Å². The smallest absolute Gasteiger partial charge is 0.253 e. The maximum absolute atomic E-state index is 12.2. The Hall–Kier alpha value is -2.33. The van der Waals surface area contributed by atoms with Crippen LogP contribution < -0.4 is 15.4 Å². The molecule has 0 bridgehead atoms. The normalized spacial score (nSPS) is 15.5. The number of amides is 1. The molecule has 33 heavy (non-hydrogen) atoms. The summed E-state index contributed by atoms with van der Waals surface area (Å²) in [6.07, 6.45) is 1.82. The van der Waals surface area contributed by atoms with Crippen molar-refractivity contribution in [2.45, 2.75) is 32.4 Å². The SMILES string of the molecule is CN=C(NCCc1cccc(C(=O)N(C)C)c1)NCc1ccc(C)cc1OC1CCOC1.I. The van der Waals surface area contributed by atoms with E-state index in [-0.39, 0.29) is 36.0 Å². The molecule has 1 fully saturated rings. The van der Waals surface area contributed by atoms with Gasteiger partial charge in [-0.3, -0.25) is 9.79 Å². The van der Waals surface area contributed by atoms with Crippen LogP contribution in [0.5, 0.6) is 5.75 Å². The molecule has 1 unspecified atom stereocenters. The minimum atomic E-state index is 0. The fourth-order valence-electron chi connectivity index (χ4n) is 3.55. The summed E-state index contributed by atoms with van der Waals surface area (Å²) in [5, 5.41) is 6.71. The van der Waals surface area contributed by atoms with Crippen molar-refractivity contribution >= 4 is 35.8 Å². The second-order valence-electron chi connectivity index (χ2n) is 8.22. The van der Waals surface area contributed by atoms with Gasteiger partial charge in [0.25, 0.3) is 5.91 Å². The third-order valence-corrected chi connectivity index (χ3v) is 5.36. The Bertz CT molecular complexity index is 943. The van der Waals surface area contributed by atoms with E-state index >= 15 is 0 Å². The lowest BCUT2D eigenvalue weighted by molar-refractivity contribution is 0.0827. The van der Waals surface area contributed by atoms with E-state index in [2.05, 4.69) is 40.7 Å². The van der Waals surface area contributed by atoms with Crippen molar-refractivity contribution in [1.29, 1.82) is 0 Å². The van der Waals surface area contributed by atoms with Gasteiger partial charge in [0.05, 0.1) is 13.2 Å². The van der Waals surface area contributed by atoms with Crippen molar-refractivity contribution in [1.82, 2.24) is 15.5 Å². The lowest BCUT2D eigenvalue weighted by Gasteiger charge is -2.18. The number of carbonyl (C=O) groups excluding carboxylic acids is 1. The predicted octanol–water partition coefficient (Wildman–Crippen LogP) is 3.39. The molecule has 2 N–H and O–H groups in total. The molecule has 7 nitrogen and oxygen atoms in total. The number of nitrogens with one attached hydrogen (secondary N) is 2. The van der Waals surface area contributed by atoms with Gasteiger partial charge in [-0.1, -0.05) is 24.3 Å². The zero-order valence-electron chi connectivity index (χ0n) is 19.9.